The van der Waals surface area contributed by atoms with E-state index in [4.69, 9.17) is 20.4 Å². The Labute approximate surface area is 132 Å². The molecule has 112 valence electrons. The van der Waals surface area contributed by atoms with Crippen LogP contribution in [-0.2, 0) is 17.8 Å². The number of nitrogens with one attached hydrogen (secondary N) is 1. The van der Waals surface area contributed by atoms with Crippen molar-refractivity contribution >= 4 is 17.5 Å². The van der Waals surface area contributed by atoms with Crippen molar-refractivity contribution in [2.75, 3.05) is 0 Å². The lowest BCUT2D eigenvalue weighted by Gasteiger charge is -2.05. The summed E-state index contributed by atoms with van der Waals surface area (Å²) in [5, 5.41) is 3.40. The number of benzene rings is 1. The van der Waals surface area contributed by atoms with Crippen LogP contribution in [0.4, 0.5) is 0 Å². The molecule has 2 aromatic heterocycles. The third kappa shape index (κ3) is 3.40. The van der Waals surface area contributed by atoms with E-state index < -0.39 is 0 Å². The van der Waals surface area contributed by atoms with Gasteiger partial charge in [0.2, 0.25) is 5.91 Å². The van der Waals surface area contributed by atoms with Crippen LogP contribution in [0.15, 0.2) is 63.6 Å². The number of rotatable bonds is 5. The number of hydrogen-bond donors (Lipinski definition) is 1. The summed E-state index contributed by atoms with van der Waals surface area (Å²) in [6.07, 6.45) is 1.83. The molecule has 0 bridgehead atoms. The molecular weight excluding hydrogens is 302 g/mol. The Morgan fingerprint density at radius 1 is 1.05 bits per heavy atom. The van der Waals surface area contributed by atoms with Gasteiger partial charge < -0.3 is 14.2 Å². The molecule has 0 aliphatic rings. The summed E-state index contributed by atoms with van der Waals surface area (Å²) in [5.74, 6) is 1.86. The second-order valence-corrected chi connectivity index (χ2v) is 5.20. The molecule has 3 rings (SSSR count). The van der Waals surface area contributed by atoms with E-state index in [0.717, 1.165) is 5.56 Å². The number of carbonyl (C=O) groups is 1. The van der Waals surface area contributed by atoms with Crippen LogP contribution >= 0.6 is 11.6 Å². The van der Waals surface area contributed by atoms with Gasteiger partial charge in [-0.05, 0) is 35.9 Å². The number of halogens is 1. The van der Waals surface area contributed by atoms with Crippen molar-refractivity contribution in [3.8, 4) is 11.5 Å². The molecule has 0 atom stereocenters. The highest BCUT2D eigenvalue weighted by Gasteiger charge is 2.09. The number of furan rings is 2. The third-order valence-electron chi connectivity index (χ3n) is 3.19. The normalized spacial score (nSPS) is 10.6. The zero-order valence-electron chi connectivity index (χ0n) is 11.7. The number of amides is 1. The van der Waals surface area contributed by atoms with E-state index in [1.165, 1.54) is 0 Å². The first-order valence-electron chi connectivity index (χ1n) is 6.85. The SMILES string of the molecule is O=C(Cc1ccccc1Cl)NCc1ccc(-c2ccco2)o1. The van der Waals surface area contributed by atoms with Gasteiger partial charge >= 0.3 is 0 Å². The van der Waals surface area contributed by atoms with Crippen molar-refractivity contribution in [2.24, 2.45) is 0 Å². The number of carbonyl (C=O) groups excluding carboxylic acids is 1. The van der Waals surface area contributed by atoms with E-state index >= 15 is 0 Å². The van der Waals surface area contributed by atoms with Crippen molar-refractivity contribution in [3.63, 3.8) is 0 Å². The van der Waals surface area contributed by atoms with E-state index in [-0.39, 0.29) is 12.3 Å². The van der Waals surface area contributed by atoms with Crippen LogP contribution in [0.3, 0.4) is 0 Å². The minimum atomic E-state index is -0.107. The molecule has 1 aromatic carbocycles. The van der Waals surface area contributed by atoms with Gasteiger partial charge in [0.1, 0.15) is 5.76 Å². The van der Waals surface area contributed by atoms with Crippen molar-refractivity contribution in [1.82, 2.24) is 5.32 Å². The summed E-state index contributed by atoms with van der Waals surface area (Å²) >= 11 is 6.04. The zero-order valence-corrected chi connectivity index (χ0v) is 12.5. The summed E-state index contributed by atoms with van der Waals surface area (Å²) < 4.78 is 10.9. The highest BCUT2D eigenvalue weighted by molar-refractivity contribution is 6.31. The van der Waals surface area contributed by atoms with Crippen molar-refractivity contribution in [3.05, 3.63) is 71.1 Å². The first-order chi connectivity index (χ1) is 10.7. The molecule has 1 N–H and O–H groups in total. The quantitative estimate of drug-likeness (QED) is 0.772. The van der Waals surface area contributed by atoms with E-state index in [9.17, 15) is 4.79 Å². The van der Waals surface area contributed by atoms with Crippen LogP contribution in [0.2, 0.25) is 5.02 Å². The smallest absolute Gasteiger partial charge is 0.224 e. The molecule has 0 spiro atoms. The average molecular weight is 316 g/mol. The summed E-state index contributed by atoms with van der Waals surface area (Å²) in [6, 6.07) is 14.5. The maximum atomic E-state index is 11.9. The lowest BCUT2D eigenvalue weighted by molar-refractivity contribution is -0.120. The Kier molecular flexibility index (Phi) is 4.30. The highest BCUT2D eigenvalue weighted by Crippen LogP contribution is 2.22. The van der Waals surface area contributed by atoms with Gasteiger partial charge in [0.25, 0.3) is 0 Å². The Hall–Kier alpha value is -2.46. The van der Waals surface area contributed by atoms with Gasteiger partial charge in [-0.1, -0.05) is 29.8 Å². The van der Waals surface area contributed by atoms with Gasteiger partial charge in [-0.3, -0.25) is 4.79 Å². The van der Waals surface area contributed by atoms with E-state index in [2.05, 4.69) is 5.32 Å². The lowest BCUT2D eigenvalue weighted by Crippen LogP contribution is -2.24. The molecule has 0 fully saturated rings. The Morgan fingerprint density at radius 3 is 2.68 bits per heavy atom. The standard InChI is InChI=1S/C17H14ClNO3/c18-14-5-2-1-4-12(14)10-17(20)19-11-13-7-8-16(22-13)15-6-3-9-21-15/h1-9H,10-11H2,(H,19,20). The molecule has 0 saturated carbocycles. The van der Waals surface area contributed by atoms with Crippen molar-refractivity contribution in [1.29, 1.82) is 0 Å². The van der Waals surface area contributed by atoms with Gasteiger partial charge in [-0.25, -0.2) is 0 Å². The Morgan fingerprint density at radius 2 is 1.91 bits per heavy atom. The predicted molar refractivity (Wildman–Crippen MR) is 83.4 cm³/mol. The molecule has 0 unspecified atom stereocenters. The maximum absolute atomic E-state index is 11.9. The zero-order chi connectivity index (χ0) is 15.4. The van der Waals surface area contributed by atoms with Gasteiger partial charge in [-0.2, -0.15) is 0 Å². The molecular formula is C17H14ClNO3. The molecule has 3 aromatic rings. The molecule has 0 saturated heterocycles. The first kappa shape index (κ1) is 14.5. The third-order valence-corrected chi connectivity index (χ3v) is 3.56. The number of hydrogen-bond acceptors (Lipinski definition) is 3. The minimum absolute atomic E-state index is 0.107. The van der Waals surface area contributed by atoms with Gasteiger partial charge in [-0.15, -0.1) is 0 Å². The molecule has 0 radical (unpaired) electrons. The van der Waals surface area contributed by atoms with Crippen LogP contribution in [0.1, 0.15) is 11.3 Å². The monoisotopic (exact) mass is 315 g/mol. The second kappa shape index (κ2) is 6.54. The first-order valence-corrected chi connectivity index (χ1v) is 7.23. The fraction of sp³-hybridized carbons (Fsp3) is 0.118. The van der Waals surface area contributed by atoms with Crippen LogP contribution in [0.25, 0.3) is 11.5 Å². The Bertz CT molecular complexity index is 762. The molecule has 22 heavy (non-hydrogen) atoms. The topological polar surface area (TPSA) is 55.4 Å². The highest BCUT2D eigenvalue weighted by atomic mass is 35.5. The average Bonchev–Trinajstić information content (AvgIpc) is 3.18. The predicted octanol–water partition coefficient (Wildman–Crippen LogP) is 4.05. The van der Waals surface area contributed by atoms with E-state index in [0.29, 0.717) is 28.8 Å². The molecule has 1 amide bonds. The van der Waals surface area contributed by atoms with Crippen LogP contribution < -0.4 is 5.32 Å². The van der Waals surface area contributed by atoms with Crippen LogP contribution in [-0.4, -0.2) is 5.91 Å². The second-order valence-electron chi connectivity index (χ2n) is 4.79. The fourth-order valence-corrected chi connectivity index (χ4v) is 2.29. The largest absolute Gasteiger partial charge is 0.461 e. The molecule has 2 heterocycles. The summed E-state index contributed by atoms with van der Waals surface area (Å²) in [5.41, 5.74) is 0.803. The van der Waals surface area contributed by atoms with Crippen molar-refractivity contribution in [2.45, 2.75) is 13.0 Å². The van der Waals surface area contributed by atoms with Gasteiger partial charge in [0.15, 0.2) is 11.5 Å². The fourth-order valence-electron chi connectivity index (χ4n) is 2.09. The Balaban J connectivity index is 1.56. The maximum Gasteiger partial charge on any atom is 0.224 e. The van der Waals surface area contributed by atoms with E-state index in [1.54, 1.807) is 18.4 Å². The minimum Gasteiger partial charge on any atom is -0.461 e. The van der Waals surface area contributed by atoms with Crippen molar-refractivity contribution < 1.29 is 13.6 Å². The van der Waals surface area contributed by atoms with Gasteiger partial charge in [0, 0.05) is 5.02 Å². The summed E-state index contributed by atoms with van der Waals surface area (Å²) in [4.78, 5) is 11.9. The molecule has 0 aliphatic heterocycles. The summed E-state index contributed by atoms with van der Waals surface area (Å²) in [7, 11) is 0. The van der Waals surface area contributed by atoms with Gasteiger partial charge in [0.05, 0.1) is 19.2 Å². The summed E-state index contributed by atoms with van der Waals surface area (Å²) in [6.45, 7) is 0.323. The molecule has 4 nitrogen and oxygen atoms in total. The van der Waals surface area contributed by atoms with Crippen LogP contribution in [0.5, 0.6) is 0 Å². The lowest BCUT2D eigenvalue weighted by atomic mass is 10.1. The van der Waals surface area contributed by atoms with E-state index in [1.807, 2.05) is 36.4 Å². The molecule has 0 aliphatic carbocycles. The van der Waals surface area contributed by atoms with Crippen LogP contribution in [0, 0.1) is 0 Å². The molecule has 5 heteroatoms.